The number of rotatable bonds is 11. The third-order valence-electron chi connectivity index (χ3n) is 7.05. The highest BCUT2D eigenvalue weighted by Crippen LogP contribution is 2.53. The number of nitrogens with zero attached hydrogens (tertiary/aromatic N) is 1. The van der Waals surface area contributed by atoms with Gasteiger partial charge >= 0.3 is 0 Å². The van der Waals surface area contributed by atoms with Crippen LogP contribution in [0.2, 0.25) is 0 Å². The van der Waals surface area contributed by atoms with Crippen LogP contribution in [0.15, 0.2) is 18.2 Å². The predicted octanol–water partition coefficient (Wildman–Crippen LogP) is 5.60. The lowest BCUT2D eigenvalue weighted by atomic mass is 9.94. The number of amides is 1. The lowest BCUT2D eigenvalue weighted by Crippen LogP contribution is -2.61. The first-order valence-corrected chi connectivity index (χ1v) is 15.8. The number of thioether (sulfide) groups is 1. The lowest BCUT2D eigenvalue weighted by molar-refractivity contribution is -0.154. The van der Waals surface area contributed by atoms with Crippen molar-refractivity contribution in [3.63, 3.8) is 0 Å². The summed E-state index contributed by atoms with van der Waals surface area (Å²) in [6.45, 7) is 10.5. The molecule has 9 heteroatoms. The van der Waals surface area contributed by atoms with Gasteiger partial charge < -0.3 is 18.9 Å². The van der Waals surface area contributed by atoms with Crippen LogP contribution in [0.3, 0.4) is 0 Å². The van der Waals surface area contributed by atoms with Gasteiger partial charge in [0, 0.05) is 11.2 Å². The largest absolute Gasteiger partial charge is 0.616 e. The molecule has 6 nitrogen and oxygen atoms in total. The van der Waals surface area contributed by atoms with Gasteiger partial charge in [-0.1, -0.05) is 56.8 Å². The molecule has 4 rings (SSSR count). The van der Waals surface area contributed by atoms with Crippen molar-refractivity contribution in [1.82, 2.24) is 4.90 Å². The first-order chi connectivity index (χ1) is 17.1. The zero-order valence-corrected chi connectivity index (χ0v) is 24.7. The SMILES string of the molecule is CCCCCCCC[S+]([O-])C(C)Cc1ccc2c(c1)OCO2.C[C@@H]1C(=O)N2[C@@H]1SC(C)(C)[C@@H]2C(=O)S. The molecule has 3 heterocycles. The molecular weight excluding hydrogens is 515 g/mol. The second kappa shape index (κ2) is 13.2. The van der Waals surface area contributed by atoms with E-state index in [2.05, 4.69) is 26.5 Å². The number of carbonyl (C=O) groups is 2. The minimum atomic E-state index is -0.743. The van der Waals surface area contributed by atoms with Crippen LogP contribution in [-0.4, -0.2) is 54.4 Å². The van der Waals surface area contributed by atoms with Crippen LogP contribution in [0.4, 0.5) is 0 Å². The highest BCUT2D eigenvalue weighted by Gasteiger charge is 2.61. The number of β-lactam (4-membered cyclic amide) rings is 1. The molecule has 0 bridgehead atoms. The molecule has 5 atom stereocenters. The van der Waals surface area contributed by atoms with Gasteiger partial charge in [-0.15, -0.1) is 24.4 Å². The molecule has 0 N–H and O–H groups in total. The molecule has 2 unspecified atom stereocenters. The Morgan fingerprint density at radius 1 is 1.22 bits per heavy atom. The fourth-order valence-corrected chi connectivity index (χ4v) is 8.36. The van der Waals surface area contributed by atoms with Crippen molar-refractivity contribution in [2.45, 2.75) is 101 Å². The maximum atomic E-state index is 12.3. The van der Waals surface area contributed by atoms with Gasteiger partial charge in [0.1, 0.15) is 17.0 Å². The minimum Gasteiger partial charge on any atom is -0.616 e. The summed E-state index contributed by atoms with van der Waals surface area (Å²) in [6.07, 6.45) is 8.32. The molecule has 2 saturated heterocycles. The summed E-state index contributed by atoms with van der Waals surface area (Å²) in [4.78, 5) is 24.6. The molecule has 2 fully saturated rings. The Bertz CT molecular complexity index is 911. The highest BCUT2D eigenvalue weighted by molar-refractivity contribution is 8.02. The van der Waals surface area contributed by atoms with E-state index >= 15 is 0 Å². The van der Waals surface area contributed by atoms with E-state index in [1.54, 1.807) is 16.7 Å². The van der Waals surface area contributed by atoms with Crippen molar-refractivity contribution in [1.29, 1.82) is 0 Å². The van der Waals surface area contributed by atoms with Gasteiger partial charge in [0.2, 0.25) is 17.8 Å². The van der Waals surface area contributed by atoms with Gasteiger partial charge in [-0.05, 0) is 51.3 Å². The number of fused-ring (bicyclic) bond motifs is 2. The van der Waals surface area contributed by atoms with Crippen LogP contribution in [0, 0.1) is 5.92 Å². The Hall–Kier alpha value is -1.03. The molecule has 0 radical (unpaired) electrons. The molecule has 1 amide bonds. The number of ether oxygens (including phenoxy) is 2. The second-order valence-electron chi connectivity index (χ2n) is 10.4. The van der Waals surface area contributed by atoms with Gasteiger partial charge in [0.15, 0.2) is 11.5 Å². The van der Waals surface area contributed by atoms with E-state index in [0.29, 0.717) is 6.79 Å². The van der Waals surface area contributed by atoms with E-state index < -0.39 is 11.2 Å². The normalized spacial score (nSPS) is 24.9. The van der Waals surface area contributed by atoms with Gasteiger partial charge in [-0.2, -0.15) is 0 Å². The van der Waals surface area contributed by atoms with Crippen molar-refractivity contribution in [3.05, 3.63) is 23.8 Å². The van der Waals surface area contributed by atoms with E-state index in [4.69, 9.17) is 9.47 Å². The number of thiol groups is 1. The number of benzene rings is 1. The molecule has 202 valence electrons. The molecule has 1 aromatic rings. The van der Waals surface area contributed by atoms with Crippen LogP contribution in [-0.2, 0) is 27.2 Å². The summed E-state index contributed by atoms with van der Waals surface area (Å²) >= 11 is 4.82. The van der Waals surface area contributed by atoms with Crippen molar-refractivity contribution in [3.8, 4) is 11.5 Å². The number of unbranched alkanes of at least 4 members (excludes halogenated alkanes) is 5. The van der Waals surface area contributed by atoms with Crippen molar-refractivity contribution < 1.29 is 23.6 Å². The van der Waals surface area contributed by atoms with Crippen LogP contribution in [0.5, 0.6) is 11.5 Å². The molecule has 0 saturated carbocycles. The molecular formula is C27H41NO5S3. The number of hydrogen-bond donors (Lipinski definition) is 1. The summed E-state index contributed by atoms with van der Waals surface area (Å²) in [6, 6.07) is 5.65. The molecule has 0 aliphatic carbocycles. The van der Waals surface area contributed by atoms with Crippen LogP contribution in [0.1, 0.15) is 78.7 Å². The highest BCUT2D eigenvalue weighted by atomic mass is 32.2. The third kappa shape index (κ3) is 7.08. The Morgan fingerprint density at radius 3 is 2.58 bits per heavy atom. The Morgan fingerprint density at radius 2 is 1.89 bits per heavy atom. The monoisotopic (exact) mass is 555 g/mol. The Kier molecular flexibility index (Phi) is 10.8. The molecule has 3 aliphatic rings. The van der Waals surface area contributed by atoms with Gasteiger partial charge in [0.25, 0.3) is 0 Å². The zero-order chi connectivity index (χ0) is 26.5. The molecule has 36 heavy (non-hydrogen) atoms. The summed E-state index contributed by atoms with van der Waals surface area (Å²) in [7, 11) is 0. The van der Waals surface area contributed by atoms with Crippen LogP contribution in [0.25, 0.3) is 0 Å². The second-order valence-corrected chi connectivity index (χ2v) is 14.6. The predicted molar refractivity (Wildman–Crippen MR) is 151 cm³/mol. The van der Waals surface area contributed by atoms with Crippen molar-refractivity contribution in [2.75, 3.05) is 12.5 Å². The fourth-order valence-electron chi connectivity index (χ4n) is 4.92. The fraction of sp³-hybridized carbons (Fsp3) is 0.704. The van der Waals surface area contributed by atoms with Crippen LogP contribution >= 0.6 is 24.4 Å². The Balaban J connectivity index is 0.000000221. The lowest BCUT2D eigenvalue weighted by Gasteiger charge is -2.42. The van der Waals surface area contributed by atoms with E-state index in [9.17, 15) is 14.1 Å². The minimum absolute atomic E-state index is 0.0527. The molecule has 0 aromatic heterocycles. The average molecular weight is 556 g/mol. The van der Waals surface area contributed by atoms with E-state index in [-0.39, 0.29) is 38.4 Å². The summed E-state index contributed by atoms with van der Waals surface area (Å²) in [5.41, 5.74) is 1.17. The van der Waals surface area contributed by atoms with E-state index in [1.807, 2.05) is 39.0 Å². The van der Waals surface area contributed by atoms with E-state index in [1.165, 1.54) is 37.7 Å². The average Bonchev–Trinajstić information content (AvgIpc) is 3.40. The molecule has 3 aliphatic heterocycles. The molecule has 1 aromatic carbocycles. The molecule has 0 spiro atoms. The van der Waals surface area contributed by atoms with Gasteiger partial charge in [0.05, 0.1) is 11.3 Å². The van der Waals surface area contributed by atoms with Crippen LogP contribution < -0.4 is 9.47 Å². The quantitative estimate of drug-likeness (QED) is 0.166. The Labute approximate surface area is 229 Å². The van der Waals surface area contributed by atoms with Gasteiger partial charge in [-0.25, -0.2) is 0 Å². The van der Waals surface area contributed by atoms with E-state index in [0.717, 1.165) is 30.1 Å². The standard InChI is InChI=1S/C18H28O3S.C9H13NO2S2/c1-3-4-5-6-7-8-11-22(19)15(2)12-16-9-10-17-18(13-16)21-14-20-17;1-4-6(11)10-5(8(12)13)9(2,3)14-7(4)10/h9-10,13,15H,3-8,11-12,14H2,1-2H3;4-5,7H,1-3H3,(H,12,13)/t;4-,5+,7-/m.1/s1. The summed E-state index contributed by atoms with van der Waals surface area (Å²) in [5, 5.41) is 0.167. The summed E-state index contributed by atoms with van der Waals surface area (Å²) in [5.74, 6) is 2.59. The smallest absolute Gasteiger partial charge is 0.231 e. The van der Waals surface area contributed by atoms with Crippen molar-refractivity contribution >= 4 is 46.6 Å². The first-order valence-electron chi connectivity index (χ1n) is 13.0. The maximum absolute atomic E-state index is 12.3. The van der Waals surface area contributed by atoms with Gasteiger partial charge in [-0.3, -0.25) is 9.59 Å². The third-order valence-corrected chi connectivity index (χ3v) is 10.8. The van der Waals surface area contributed by atoms with Crippen molar-refractivity contribution in [2.24, 2.45) is 5.92 Å². The summed E-state index contributed by atoms with van der Waals surface area (Å²) < 4.78 is 22.8. The first kappa shape index (κ1) is 29.5. The topological polar surface area (TPSA) is 78.9 Å². The number of carbonyl (C=O) groups excluding carboxylic acids is 2. The maximum Gasteiger partial charge on any atom is 0.231 e. The number of hydrogen-bond acceptors (Lipinski definition) is 6. The zero-order valence-electron chi connectivity index (χ0n) is 22.2.